The van der Waals surface area contributed by atoms with E-state index < -0.39 is 5.97 Å². The second kappa shape index (κ2) is 6.93. The van der Waals surface area contributed by atoms with Gasteiger partial charge < -0.3 is 9.67 Å². The minimum absolute atomic E-state index is 0.0170. The van der Waals surface area contributed by atoms with Crippen LogP contribution < -0.4 is 0 Å². The molecule has 1 aromatic heterocycles. The lowest BCUT2D eigenvalue weighted by Crippen LogP contribution is -2.25. The second-order valence-electron chi connectivity index (χ2n) is 5.54. The van der Waals surface area contributed by atoms with Gasteiger partial charge in [0.05, 0.1) is 5.75 Å². The zero-order chi connectivity index (χ0) is 14.5. The molecular weight excluding hydrogens is 262 g/mol. The standard InChI is InChI=1S/C13H23N3O2S/c1-5-6-7-8-10-14-15-12(19-9-11(17)18)16(10)13(2,3)4/h5-9H2,1-4H3,(H,17,18). The van der Waals surface area contributed by atoms with Crippen molar-refractivity contribution in [1.82, 2.24) is 14.8 Å². The number of aliphatic carboxylic acids is 1. The number of carbonyl (C=O) groups is 1. The van der Waals surface area contributed by atoms with E-state index >= 15 is 0 Å². The van der Waals surface area contributed by atoms with Crippen molar-refractivity contribution in [1.29, 1.82) is 0 Å². The summed E-state index contributed by atoms with van der Waals surface area (Å²) < 4.78 is 2.07. The Kier molecular flexibility index (Phi) is 5.85. The highest BCUT2D eigenvalue weighted by Crippen LogP contribution is 2.26. The average Bonchev–Trinajstić information content (AvgIpc) is 2.69. The van der Waals surface area contributed by atoms with Gasteiger partial charge in [-0.3, -0.25) is 4.79 Å². The number of nitrogens with zero attached hydrogens (tertiary/aromatic N) is 3. The molecule has 0 fully saturated rings. The molecule has 0 aromatic carbocycles. The maximum atomic E-state index is 10.7. The molecule has 0 aliphatic rings. The molecule has 1 aromatic rings. The first-order valence-electron chi connectivity index (χ1n) is 6.65. The van der Waals surface area contributed by atoms with Crippen molar-refractivity contribution in [3.8, 4) is 0 Å². The van der Waals surface area contributed by atoms with Gasteiger partial charge in [0, 0.05) is 12.0 Å². The summed E-state index contributed by atoms with van der Waals surface area (Å²) in [5.74, 6) is 0.137. The van der Waals surface area contributed by atoms with Crippen molar-refractivity contribution < 1.29 is 9.90 Å². The van der Waals surface area contributed by atoms with E-state index in [9.17, 15) is 4.79 Å². The van der Waals surface area contributed by atoms with Gasteiger partial charge in [-0.05, 0) is 27.2 Å². The van der Waals surface area contributed by atoms with Crippen LogP contribution in [0.4, 0.5) is 0 Å². The first-order valence-corrected chi connectivity index (χ1v) is 7.64. The minimum atomic E-state index is -0.832. The monoisotopic (exact) mass is 285 g/mol. The van der Waals surface area contributed by atoms with Crippen molar-refractivity contribution in [2.45, 2.75) is 64.1 Å². The summed E-state index contributed by atoms with van der Waals surface area (Å²) in [5.41, 5.74) is -0.133. The predicted molar refractivity (Wildman–Crippen MR) is 76.6 cm³/mol. The molecule has 0 aliphatic heterocycles. The molecule has 1 rings (SSSR count). The number of hydrogen-bond acceptors (Lipinski definition) is 4. The number of aryl methyl sites for hydroxylation is 1. The molecule has 1 heterocycles. The van der Waals surface area contributed by atoms with Crippen LogP contribution in [-0.2, 0) is 16.8 Å². The van der Waals surface area contributed by atoms with Crippen LogP contribution in [0.2, 0.25) is 0 Å². The molecule has 0 saturated heterocycles. The smallest absolute Gasteiger partial charge is 0.313 e. The lowest BCUT2D eigenvalue weighted by atomic mass is 10.1. The fraction of sp³-hybridized carbons (Fsp3) is 0.769. The van der Waals surface area contributed by atoms with Crippen molar-refractivity contribution in [3.63, 3.8) is 0 Å². The van der Waals surface area contributed by atoms with Crippen LogP contribution in [0.1, 0.15) is 52.8 Å². The van der Waals surface area contributed by atoms with Crippen LogP contribution in [-0.4, -0.2) is 31.6 Å². The SMILES string of the molecule is CCCCCc1nnc(SCC(=O)O)n1C(C)(C)C. The van der Waals surface area contributed by atoms with Gasteiger partial charge in [0.25, 0.3) is 0 Å². The normalized spacial score (nSPS) is 11.8. The summed E-state index contributed by atoms with van der Waals surface area (Å²) in [5, 5.41) is 17.8. The van der Waals surface area contributed by atoms with E-state index in [0.29, 0.717) is 5.16 Å². The number of carboxylic acids is 1. The number of hydrogen-bond donors (Lipinski definition) is 1. The number of unbranched alkanes of at least 4 members (excludes halogenated alkanes) is 2. The Balaban J connectivity index is 2.89. The van der Waals surface area contributed by atoms with E-state index in [1.807, 2.05) is 0 Å². The molecule has 0 atom stereocenters. The zero-order valence-corrected chi connectivity index (χ0v) is 13.0. The number of carboxylic acid groups (broad SMARTS) is 1. The molecule has 5 nitrogen and oxygen atoms in total. The van der Waals surface area contributed by atoms with Crippen molar-refractivity contribution in [3.05, 3.63) is 5.82 Å². The molecule has 0 spiro atoms. The third-order valence-electron chi connectivity index (χ3n) is 2.70. The maximum Gasteiger partial charge on any atom is 0.313 e. The van der Waals surface area contributed by atoms with Crippen LogP contribution in [0.15, 0.2) is 5.16 Å². The fourth-order valence-corrected chi connectivity index (χ4v) is 2.75. The minimum Gasteiger partial charge on any atom is -0.481 e. The van der Waals surface area contributed by atoms with Gasteiger partial charge in [0.1, 0.15) is 5.82 Å². The van der Waals surface area contributed by atoms with Crippen LogP contribution >= 0.6 is 11.8 Å². The largest absolute Gasteiger partial charge is 0.481 e. The molecule has 108 valence electrons. The van der Waals surface area contributed by atoms with E-state index in [-0.39, 0.29) is 11.3 Å². The van der Waals surface area contributed by atoms with E-state index in [1.165, 1.54) is 24.6 Å². The van der Waals surface area contributed by atoms with E-state index in [2.05, 4.69) is 42.5 Å². The van der Waals surface area contributed by atoms with E-state index in [1.54, 1.807) is 0 Å². The Morgan fingerprint density at radius 1 is 1.32 bits per heavy atom. The highest BCUT2D eigenvalue weighted by molar-refractivity contribution is 7.99. The predicted octanol–water partition coefficient (Wildman–Crippen LogP) is 2.94. The Bertz CT molecular complexity index is 424. The van der Waals surface area contributed by atoms with Gasteiger partial charge in [0.2, 0.25) is 0 Å². The molecule has 0 saturated carbocycles. The molecule has 19 heavy (non-hydrogen) atoms. The fourth-order valence-electron chi connectivity index (χ4n) is 1.89. The Labute approximate surface area is 118 Å². The van der Waals surface area contributed by atoms with E-state index in [4.69, 9.17) is 5.11 Å². The van der Waals surface area contributed by atoms with Crippen molar-refractivity contribution in [2.75, 3.05) is 5.75 Å². The summed E-state index contributed by atoms with van der Waals surface area (Å²) in [6, 6.07) is 0. The molecule has 0 aliphatic carbocycles. The van der Waals surface area contributed by atoms with Gasteiger partial charge in [-0.2, -0.15) is 0 Å². The topological polar surface area (TPSA) is 68.0 Å². The van der Waals surface area contributed by atoms with Gasteiger partial charge in [-0.25, -0.2) is 0 Å². The summed E-state index contributed by atoms with van der Waals surface area (Å²) in [7, 11) is 0. The summed E-state index contributed by atoms with van der Waals surface area (Å²) in [6.07, 6.45) is 4.33. The molecule has 0 bridgehead atoms. The number of thioether (sulfide) groups is 1. The quantitative estimate of drug-likeness (QED) is 0.616. The average molecular weight is 285 g/mol. The Hall–Kier alpha value is -1.04. The van der Waals surface area contributed by atoms with Crippen LogP contribution in [0.5, 0.6) is 0 Å². The molecule has 1 N–H and O–H groups in total. The van der Waals surface area contributed by atoms with Gasteiger partial charge >= 0.3 is 5.97 Å². The second-order valence-corrected chi connectivity index (χ2v) is 6.49. The highest BCUT2D eigenvalue weighted by Gasteiger charge is 2.23. The lowest BCUT2D eigenvalue weighted by molar-refractivity contribution is -0.133. The summed E-state index contributed by atoms with van der Waals surface area (Å²) >= 11 is 1.23. The first kappa shape index (κ1) is 16.0. The molecule has 0 unspecified atom stereocenters. The van der Waals surface area contributed by atoms with E-state index in [0.717, 1.165) is 18.7 Å². The van der Waals surface area contributed by atoms with Crippen LogP contribution in [0, 0.1) is 0 Å². The number of rotatable bonds is 7. The molecule has 0 amide bonds. The number of aromatic nitrogens is 3. The van der Waals surface area contributed by atoms with Crippen molar-refractivity contribution in [2.24, 2.45) is 0 Å². The maximum absolute atomic E-state index is 10.7. The van der Waals surface area contributed by atoms with Crippen molar-refractivity contribution >= 4 is 17.7 Å². The van der Waals surface area contributed by atoms with Gasteiger partial charge in [0.15, 0.2) is 5.16 Å². The van der Waals surface area contributed by atoms with Gasteiger partial charge in [-0.15, -0.1) is 10.2 Å². The summed E-state index contributed by atoms with van der Waals surface area (Å²) in [6.45, 7) is 8.43. The van der Waals surface area contributed by atoms with Crippen LogP contribution in [0.3, 0.4) is 0 Å². The highest BCUT2D eigenvalue weighted by atomic mass is 32.2. The third kappa shape index (κ3) is 4.86. The lowest BCUT2D eigenvalue weighted by Gasteiger charge is -2.24. The summed E-state index contributed by atoms with van der Waals surface area (Å²) in [4.78, 5) is 10.7. The zero-order valence-electron chi connectivity index (χ0n) is 12.1. The van der Waals surface area contributed by atoms with Gasteiger partial charge in [-0.1, -0.05) is 31.5 Å². The Morgan fingerprint density at radius 3 is 2.53 bits per heavy atom. The third-order valence-corrected chi connectivity index (χ3v) is 3.61. The van der Waals surface area contributed by atoms with Crippen LogP contribution in [0.25, 0.3) is 0 Å². The molecule has 6 heteroatoms. The molecule has 0 radical (unpaired) electrons. The Morgan fingerprint density at radius 2 is 2.00 bits per heavy atom. The molecular formula is C13H23N3O2S. The first-order chi connectivity index (χ1) is 8.86.